The molecule has 1 N–H and O–H groups in total. The number of halogens is 3. The molecular formula is C17H17ClF2N2O3S. The maximum atomic E-state index is 14.1. The minimum atomic E-state index is -4.07. The van der Waals surface area contributed by atoms with Gasteiger partial charge in [-0.1, -0.05) is 25.4 Å². The Labute approximate surface area is 155 Å². The zero-order valence-electron chi connectivity index (χ0n) is 14.1. The Kier molecular flexibility index (Phi) is 6.33. The predicted octanol–water partition coefficient (Wildman–Crippen LogP) is 3.90. The Morgan fingerprint density at radius 2 is 1.69 bits per heavy atom. The molecule has 0 heterocycles. The van der Waals surface area contributed by atoms with E-state index in [1.807, 2.05) is 0 Å². The van der Waals surface area contributed by atoms with Gasteiger partial charge >= 0.3 is 0 Å². The van der Waals surface area contributed by atoms with Gasteiger partial charge in [0.25, 0.3) is 5.91 Å². The van der Waals surface area contributed by atoms with Crippen LogP contribution in [0.25, 0.3) is 0 Å². The van der Waals surface area contributed by atoms with Gasteiger partial charge in [0.05, 0.1) is 5.02 Å². The van der Waals surface area contributed by atoms with Crippen molar-refractivity contribution in [3.8, 4) is 0 Å². The van der Waals surface area contributed by atoms with E-state index in [-0.39, 0.29) is 29.4 Å². The lowest BCUT2D eigenvalue weighted by molar-refractivity contribution is 0.102. The fourth-order valence-corrected chi connectivity index (χ4v) is 4.05. The SMILES string of the molecule is CCN(CC)S(=O)(=O)c1cc(C(=O)Nc2ccc(F)c(Cl)c2)ccc1F. The van der Waals surface area contributed by atoms with Crippen molar-refractivity contribution < 1.29 is 22.0 Å². The van der Waals surface area contributed by atoms with Crippen molar-refractivity contribution in [2.45, 2.75) is 18.7 Å². The first kappa shape index (κ1) is 20.3. The second-order valence-corrected chi connectivity index (χ2v) is 7.63. The third-order valence-electron chi connectivity index (χ3n) is 3.69. The first-order chi connectivity index (χ1) is 12.2. The molecule has 0 fully saturated rings. The van der Waals surface area contributed by atoms with Crippen molar-refractivity contribution in [1.29, 1.82) is 0 Å². The highest BCUT2D eigenvalue weighted by atomic mass is 35.5. The largest absolute Gasteiger partial charge is 0.322 e. The molecule has 0 spiro atoms. The third kappa shape index (κ3) is 4.20. The van der Waals surface area contributed by atoms with Crippen LogP contribution in [0.3, 0.4) is 0 Å². The Hall–Kier alpha value is -2.03. The fraction of sp³-hybridized carbons (Fsp3) is 0.235. The molecule has 0 aromatic heterocycles. The van der Waals surface area contributed by atoms with Gasteiger partial charge in [-0.25, -0.2) is 17.2 Å². The summed E-state index contributed by atoms with van der Waals surface area (Å²) in [6.45, 7) is 3.60. The van der Waals surface area contributed by atoms with E-state index in [1.165, 1.54) is 12.1 Å². The summed E-state index contributed by atoms with van der Waals surface area (Å²) in [5, 5.41) is 2.29. The smallest absolute Gasteiger partial charge is 0.255 e. The molecule has 1 amide bonds. The molecule has 2 rings (SSSR count). The molecule has 0 aliphatic rings. The standard InChI is InChI=1S/C17H17ClF2N2O3S/c1-3-22(4-2)26(24,25)16-9-11(5-7-15(16)20)17(23)21-12-6-8-14(19)13(18)10-12/h5-10H,3-4H2,1-2H3,(H,21,23). The highest BCUT2D eigenvalue weighted by Crippen LogP contribution is 2.23. The van der Waals surface area contributed by atoms with Crippen LogP contribution in [0.2, 0.25) is 5.02 Å². The van der Waals surface area contributed by atoms with Crippen molar-refractivity contribution in [2.75, 3.05) is 18.4 Å². The lowest BCUT2D eigenvalue weighted by Crippen LogP contribution is -2.31. The van der Waals surface area contributed by atoms with Crippen LogP contribution in [0, 0.1) is 11.6 Å². The summed E-state index contributed by atoms with van der Waals surface area (Å²) in [4.78, 5) is 11.8. The molecule has 0 saturated carbocycles. The highest BCUT2D eigenvalue weighted by molar-refractivity contribution is 7.89. The van der Waals surface area contributed by atoms with Crippen LogP contribution >= 0.6 is 11.6 Å². The highest BCUT2D eigenvalue weighted by Gasteiger charge is 2.26. The molecule has 9 heteroatoms. The van der Waals surface area contributed by atoms with Crippen LogP contribution < -0.4 is 5.32 Å². The van der Waals surface area contributed by atoms with Gasteiger partial charge in [0.2, 0.25) is 10.0 Å². The van der Waals surface area contributed by atoms with E-state index in [1.54, 1.807) is 13.8 Å². The minimum absolute atomic E-state index is 0.0578. The normalized spacial score (nSPS) is 11.6. The number of anilines is 1. The molecular weight excluding hydrogens is 386 g/mol. The Balaban J connectivity index is 2.36. The number of sulfonamides is 1. The summed E-state index contributed by atoms with van der Waals surface area (Å²) in [5.74, 6) is -2.26. The number of carbonyl (C=O) groups is 1. The van der Waals surface area contributed by atoms with E-state index in [4.69, 9.17) is 11.6 Å². The summed E-state index contributed by atoms with van der Waals surface area (Å²) in [6.07, 6.45) is 0. The lowest BCUT2D eigenvalue weighted by atomic mass is 10.2. The second kappa shape index (κ2) is 8.11. The van der Waals surface area contributed by atoms with Crippen LogP contribution in [0.5, 0.6) is 0 Å². The van der Waals surface area contributed by atoms with Gasteiger partial charge < -0.3 is 5.32 Å². The van der Waals surface area contributed by atoms with Gasteiger partial charge in [0.15, 0.2) is 0 Å². The van der Waals surface area contributed by atoms with Crippen molar-refractivity contribution in [2.24, 2.45) is 0 Å². The molecule has 0 radical (unpaired) electrons. The molecule has 26 heavy (non-hydrogen) atoms. The molecule has 0 aliphatic heterocycles. The quantitative estimate of drug-likeness (QED) is 0.796. The summed E-state index contributed by atoms with van der Waals surface area (Å²) in [5.41, 5.74) is 0.163. The predicted molar refractivity (Wildman–Crippen MR) is 95.9 cm³/mol. The van der Waals surface area contributed by atoms with E-state index in [9.17, 15) is 22.0 Å². The van der Waals surface area contributed by atoms with Crippen molar-refractivity contribution >= 4 is 33.2 Å². The molecule has 140 valence electrons. The van der Waals surface area contributed by atoms with Crippen LogP contribution in [0.1, 0.15) is 24.2 Å². The van der Waals surface area contributed by atoms with Crippen molar-refractivity contribution in [1.82, 2.24) is 4.31 Å². The van der Waals surface area contributed by atoms with E-state index >= 15 is 0 Å². The van der Waals surface area contributed by atoms with Crippen molar-refractivity contribution in [3.63, 3.8) is 0 Å². The number of nitrogens with zero attached hydrogens (tertiary/aromatic N) is 1. The first-order valence-corrected chi connectivity index (χ1v) is 9.58. The van der Waals surface area contributed by atoms with Gasteiger partial charge in [-0.3, -0.25) is 4.79 Å². The maximum Gasteiger partial charge on any atom is 0.255 e. The van der Waals surface area contributed by atoms with Gasteiger partial charge in [-0.05, 0) is 36.4 Å². The number of carbonyl (C=O) groups excluding carboxylic acids is 1. The molecule has 5 nitrogen and oxygen atoms in total. The third-order valence-corrected chi connectivity index (χ3v) is 6.05. The summed E-state index contributed by atoms with van der Waals surface area (Å²) >= 11 is 5.66. The van der Waals surface area contributed by atoms with Gasteiger partial charge in [-0.2, -0.15) is 4.31 Å². The minimum Gasteiger partial charge on any atom is -0.322 e. The molecule has 2 aromatic carbocycles. The molecule has 0 unspecified atom stereocenters. The molecule has 0 atom stereocenters. The van der Waals surface area contributed by atoms with Gasteiger partial charge in [-0.15, -0.1) is 0 Å². The summed E-state index contributed by atoms with van der Waals surface area (Å²) in [6, 6.07) is 6.66. The monoisotopic (exact) mass is 402 g/mol. The van der Waals surface area contributed by atoms with Crippen molar-refractivity contribution in [3.05, 3.63) is 58.6 Å². The number of benzene rings is 2. The Morgan fingerprint density at radius 1 is 1.08 bits per heavy atom. The molecule has 0 aliphatic carbocycles. The molecule has 0 saturated heterocycles. The van der Waals surface area contributed by atoms with Gasteiger partial charge in [0, 0.05) is 24.3 Å². The van der Waals surface area contributed by atoms with Gasteiger partial charge in [0.1, 0.15) is 16.5 Å². The average Bonchev–Trinajstić information content (AvgIpc) is 2.59. The second-order valence-electron chi connectivity index (χ2n) is 5.32. The first-order valence-electron chi connectivity index (χ1n) is 7.76. The van der Waals surface area contributed by atoms with E-state index in [2.05, 4.69) is 5.32 Å². The maximum absolute atomic E-state index is 14.1. The van der Waals surface area contributed by atoms with Crippen LogP contribution in [0.15, 0.2) is 41.3 Å². The Morgan fingerprint density at radius 3 is 2.27 bits per heavy atom. The Bertz CT molecular complexity index is 932. The van der Waals surface area contributed by atoms with Crippen LogP contribution in [0.4, 0.5) is 14.5 Å². The molecule has 0 bridgehead atoms. The van der Waals surface area contributed by atoms with Crippen LogP contribution in [-0.2, 0) is 10.0 Å². The number of nitrogens with one attached hydrogen (secondary N) is 1. The number of hydrogen-bond donors (Lipinski definition) is 1. The van der Waals surface area contributed by atoms with E-state index in [0.717, 1.165) is 28.6 Å². The van der Waals surface area contributed by atoms with E-state index < -0.39 is 32.5 Å². The van der Waals surface area contributed by atoms with Crippen LogP contribution in [-0.4, -0.2) is 31.7 Å². The van der Waals surface area contributed by atoms with E-state index in [0.29, 0.717) is 0 Å². The zero-order valence-corrected chi connectivity index (χ0v) is 15.7. The lowest BCUT2D eigenvalue weighted by Gasteiger charge is -2.19. The molecule has 2 aromatic rings. The number of hydrogen-bond acceptors (Lipinski definition) is 3. The summed E-state index contributed by atoms with van der Waals surface area (Å²) in [7, 11) is -4.07. The summed E-state index contributed by atoms with van der Waals surface area (Å²) < 4.78 is 53.4. The number of amides is 1. The average molecular weight is 403 g/mol. The zero-order chi connectivity index (χ0) is 19.5. The topological polar surface area (TPSA) is 66.5 Å². The number of rotatable bonds is 6. The fourth-order valence-electron chi connectivity index (χ4n) is 2.32.